The number of ether oxygens (including phenoxy) is 1. The highest BCUT2D eigenvalue weighted by atomic mass is 16.6. The number of hydrogen-bond acceptors (Lipinski definition) is 4. The summed E-state index contributed by atoms with van der Waals surface area (Å²) in [7, 11) is 0. The number of aliphatic hydroxyl groups is 1. The van der Waals surface area contributed by atoms with Gasteiger partial charge in [-0.05, 0) is 16.5 Å². The van der Waals surface area contributed by atoms with Crippen molar-refractivity contribution in [2.24, 2.45) is 16.9 Å². The maximum atomic E-state index is 11.4. The third-order valence-electron chi connectivity index (χ3n) is 5.01. The van der Waals surface area contributed by atoms with Crippen molar-refractivity contribution in [3.05, 3.63) is 71.8 Å². The molecule has 2 aromatic carbocycles. The fourth-order valence-electron chi connectivity index (χ4n) is 3.82. The number of nitrogens with two attached hydrogens (primary N) is 2. The minimum atomic E-state index is -0.850. The van der Waals surface area contributed by atoms with Gasteiger partial charge in [-0.2, -0.15) is 0 Å². The molecule has 2 rings (SSSR count). The fraction of sp³-hybridized carbons (Fsp3) is 0.435. The fourth-order valence-corrected chi connectivity index (χ4v) is 3.82. The van der Waals surface area contributed by atoms with Crippen LogP contribution in [0.2, 0.25) is 0 Å². The maximum Gasteiger partial charge on any atom is 0.404 e. The van der Waals surface area contributed by atoms with Crippen LogP contribution in [0.5, 0.6) is 0 Å². The van der Waals surface area contributed by atoms with Crippen molar-refractivity contribution in [2.45, 2.75) is 57.8 Å². The minimum Gasteiger partial charge on any atom is -0.446 e. The second-order valence-electron chi connectivity index (χ2n) is 8.38. The lowest BCUT2D eigenvalue weighted by Crippen LogP contribution is -2.46. The zero-order valence-electron chi connectivity index (χ0n) is 16.9. The Morgan fingerprint density at radius 1 is 1.04 bits per heavy atom. The molecule has 1 unspecified atom stereocenters. The van der Waals surface area contributed by atoms with Gasteiger partial charge in [0.1, 0.15) is 6.10 Å². The van der Waals surface area contributed by atoms with E-state index in [9.17, 15) is 9.90 Å². The highest BCUT2D eigenvalue weighted by molar-refractivity contribution is 5.64. The lowest BCUT2D eigenvalue weighted by molar-refractivity contribution is 0.0361. The number of amides is 1. The Bertz CT molecular complexity index is 729. The summed E-state index contributed by atoms with van der Waals surface area (Å²) >= 11 is 0. The van der Waals surface area contributed by atoms with Crippen molar-refractivity contribution in [3.8, 4) is 0 Å². The molecule has 0 fully saturated rings. The number of hydrogen-bond donors (Lipinski definition) is 3. The maximum absolute atomic E-state index is 11.4. The van der Waals surface area contributed by atoms with Crippen molar-refractivity contribution in [1.82, 2.24) is 0 Å². The van der Waals surface area contributed by atoms with Gasteiger partial charge in [-0.25, -0.2) is 4.79 Å². The molecule has 0 spiro atoms. The molecule has 0 aliphatic carbocycles. The molecule has 2 aromatic rings. The van der Waals surface area contributed by atoms with E-state index in [1.54, 1.807) is 0 Å². The minimum absolute atomic E-state index is 0.0605. The molecule has 0 aliphatic heterocycles. The standard InChI is InChI=1S/C23H32N2O3/c1-23(2,3)20(17-12-8-5-9-13-17)21(24)19(26)15-18(28-22(25)27)14-16-10-6-4-7-11-16/h4-13,18-21,26H,14-15,24H2,1-3H3,(H2,25,27)/t18-,19-,20?,21+/m0/s1. The van der Waals surface area contributed by atoms with Gasteiger partial charge in [-0.3, -0.25) is 0 Å². The number of primary amides is 1. The van der Waals surface area contributed by atoms with E-state index in [0.717, 1.165) is 11.1 Å². The van der Waals surface area contributed by atoms with Gasteiger partial charge in [0.25, 0.3) is 0 Å². The molecule has 4 atom stereocenters. The normalized spacial score (nSPS) is 16.0. The van der Waals surface area contributed by atoms with E-state index in [1.165, 1.54) is 0 Å². The molecule has 0 radical (unpaired) electrons. The number of carbonyl (C=O) groups excluding carboxylic acids is 1. The second kappa shape index (κ2) is 9.71. The summed E-state index contributed by atoms with van der Waals surface area (Å²) in [6.07, 6.45) is -1.55. The van der Waals surface area contributed by atoms with Gasteiger partial charge in [0.05, 0.1) is 6.10 Å². The molecular formula is C23H32N2O3. The molecule has 0 aromatic heterocycles. The Morgan fingerprint density at radius 3 is 2.07 bits per heavy atom. The highest BCUT2D eigenvalue weighted by Gasteiger charge is 2.36. The molecule has 0 heterocycles. The predicted molar refractivity (Wildman–Crippen MR) is 112 cm³/mol. The van der Waals surface area contributed by atoms with Crippen molar-refractivity contribution in [2.75, 3.05) is 0 Å². The number of aliphatic hydroxyl groups excluding tert-OH is 1. The molecule has 5 heteroatoms. The smallest absolute Gasteiger partial charge is 0.404 e. The van der Waals surface area contributed by atoms with Crippen LogP contribution in [0, 0.1) is 5.41 Å². The van der Waals surface area contributed by atoms with E-state index >= 15 is 0 Å². The van der Waals surface area contributed by atoms with E-state index in [0.29, 0.717) is 6.42 Å². The van der Waals surface area contributed by atoms with Crippen LogP contribution in [-0.4, -0.2) is 29.4 Å². The van der Waals surface area contributed by atoms with Crippen LogP contribution in [0.25, 0.3) is 0 Å². The lowest BCUT2D eigenvalue weighted by Gasteiger charge is -2.38. The molecule has 0 saturated heterocycles. The van der Waals surface area contributed by atoms with Gasteiger partial charge in [-0.1, -0.05) is 81.4 Å². The van der Waals surface area contributed by atoms with Crippen molar-refractivity contribution in [3.63, 3.8) is 0 Å². The van der Waals surface area contributed by atoms with Gasteiger partial charge >= 0.3 is 6.09 Å². The van der Waals surface area contributed by atoms with Crippen LogP contribution in [0.4, 0.5) is 4.79 Å². The third-order valence-corrected chi connectivity index (χ3v) is 5.01. The molecule has 28 heavy (non-hydrogen) atoms. The van der Waals surface area contributed by atoms with E-state index < -0.39 is 24.3 Å². The van der Waals surface area contributed by atoms with Gasteiger partial charge in [-0.15, -0.1) is 0 Å². The Morgan fingerprint density at radius 2 is 1.57 bits per heavy atom. The van der Waals surface area contributed by atoms with Crippen LogP contribution < -0.4 is 11.5 Å². The quantitative estimate of drug-likeness (QED) is 0.647. The van der Waals surface area contributed by atoms with E-state index in [1.807, 2.05) is 60.7 Å². The summed E-state index contributed by atoms with van der Waals surface area (Å²) in [5, 5.41) is 10.9. The van der Waals surface area contributed by atoms with Gasteiger partial charge in [0.2, 0.25) is 0 Å². The first-order chi connectivity index (χ1) is 13.2. The zero-order valence-corrected chi connectivity index (χ0v) is 16.9. The van der Waals surface area contributed by atoms with Crippen molar-refractivity contribution < 1.29 is 14.6 Å². The van der Waals surface area contributed by atoms with Gasteiger partial charge < -0.3 is 21.3 Å². The Labute approximate surface area is 167 Å². The average molecular weight is 385 g/mol. The summed E-state index contributed by atoms with van der Waals surface area (Å²) in [5.74, 6) is -0.0605. The second-order valence-corrected chi connectivity index (χ2v) is 8.38. The third kappa shape index (κ3) is 6.36. The van der Waals surface area contributed by atoms with E-state index in [4.69, 9.17) is 16.2 Å². The Balaban J connectivity index is 2.17. The molecule has 5 nitrogen and oxygen atoms in total. The van der Waals surface area contributed by atoms with Gasteiger partial charge in [0, 0.05) is 24.8 Å². The van der Waals surface area contributed by atoms with Gasteiger partial charge in [0.15, 0.2) is 0 Å². The number of carbonyl (C=O) groups is 1. The molecule has 0 saturated carbocycles. The van der Waals surface area contributed by atoms with Crippen LogP contribution in [0.1, 0.15) is 44.2 Å². The molecule has 0 aliphatic rings. The average Bonchev–Trinajstić information content (AvgIpc) is 2.61. The summed E-state index contributed by atoms with van der Waals surface area (Å²) in [6.45, 7) is 6.33. The molecule has 5 N–H and O–H groups in total. The summed E-state index contributed by atoms with van der Waals surface area (Å²) in [6, 6.07) is 19.1. The molecular weight excluding hydrogens is 352 g/mol. The molecule has 1 amide bonds. The monoisotopic (exact) mass is 384 g/mol. The Hall–Kier alpha value is -2.37. The Kier molecular flexibility index (Phi) is 7.61. The van der Waals surface area contributed by atoms with Crippen LogP contribution in [-0.2, 0) is 11.2 Å². The molecule has 152 valence electrons. The first kappa shape index (κ1) is 21.9. The van der Waals surface area contributed by atoms with Crippen LogP contribution in [0.3, 0.4) is 0 Å². The summed E-state index contributed by atoms with van der Waals surface area (Å²) in [5.41, 5.74) is 13.7. The van der Waals surface area contributed by atoms with Crippen LogP contribution in [0.15, 0.2) is 60.7 Å². The van der Waals surface area contributed by atoms with E-state index in [2.05, 4.69) is 20.8 Å². The van der Waals surface area contributed by atoms with Crippen molar-refractivity contribution >= 4 is 6.09 Å². The first-order valence-electron chi connectivity index (χ1n) is 9.67. The first-order valence-corrected chi connectivity index (χ1v) is 9.67. The number of rotatable bonds is 8. The number of benzene rings is 2. The molecule has 0 bridgehead atoms. The summed E-state index contributed by atoms with van der Waals surface area (Å²) < 4.78 is 5.27. The SMILES string of the molecule is CC(C)(C)C(c1ccccc1)[C@H](N)[C@@H](O)C[C@H](Cc1ccccc1)OC(N)=O. The topological polar surface area (TPSA) is 98.6 Å². The highest BCUT2D eigenvalue weighted by Crippen LogP contribution is 2.38. The van der Waals surface area contributed by atoms with E-state index in [-0.39, 0.29) is 17.8 Å². The zero-order chi connectivity index (χ0) is 20.7. The summed E-state index contributed by atoms with van der Waals surface area (Å²) in [4.78, 5) is 11.4. The lowest BCUT2D eigenvalue weighted by atomic mass is 9.70. The van der Waals surface area contributed by atoms with Crippen LogP contribution >= 0.6 is 0 Å². The largest absolute Gasteiger partial charge is 0.446 e. The van der Waals surface area contributed by atoms with Crippen molar-refractivity contribution in [1.29, 1.82) is 0 Å². The predicted octanol–water partition coefficient (Wildman–Crippen LogP) is 3.60.